The van der Waals surface area contributed by atoms with E-state index in [1.807, 2.05) is 31.2 Å². The number of hydrogen-bond acceptors (Lipinski definition) is 2. The number of hydrogen-bond donors (Lipinski definition) is 2. The third kappa shape index (κ3) is 2.77. The minimum absolute atomic E-state index is 0.147. The van der Waals surface area contributed by atoms with Gasteiger partial charge in [0.2, 0.25) is 0 Å². The topological polar surface area (TPSA) is 62.7 Å². The highest BCUT2D eigenvalue weighted by Gasteiger charge is 2.13. The van der Waals surface area contributed by atoms with Crippen LogP contribution in [0.2, 0.25) is 0 Å². The summed E-state index contributed by atoms with van der Waals surface area (Å²) in [4.78, 5) is 20.4. The van der Waals surface area contributed by atoms with Crippen molar-refractivity contribution in [2.75, 3.05) is 5.32 Å². The van der Waals surface area contributed by atoms with Gasteiger partial charge in [-0.1, -0.05) is 18.2 Å². The van der Waals surface area contributed by atoms with Crippen LogP contribution in [-0.2, 0) is 0 Å². The van der Waals surface area contributed by atoms with Crippen LogP contribution in [0.5, 0.6) is 0 Å². The van der Waals surface area contributed by atoms with Crippen molar-refractivity contribution < 1.29 is 4.79 Å². The number of aryl methyl sites for hydroxylation is 3. The molecule has 0 aliphatic carbocycles. The van der Waals surface area contributed by atoms with Crippen LogP contribution in [0.25, 0.3) is 16.9 Å². The number of carbonyl (C=O) groups excluding carboxylic acids is 1. The van der Waals surface area contributed by atoms with Crippen LogP contribution in [-0.4, -0.2) is 20.4 Å². The average molecular weight is 344 g/mol. The summed E-state index contributed by atoms with van der Waals surface area (Å²) in [7, 11) is 0. The molecule has 0 atom stereocenters. The molecule has 0 bridgehead atoms. The number of rotatable bonds is 3. The Bertz CT molecular complexity index is 1090. The molecule has 4 aromatic rings. The van der Waals surface area contributed by atoms with E-state index in [0.717, 1.165) is 33.8 Å². The summed E-state index contributed by atoms with van der Waals surface area (Å²) >= 11 is 0. The number of anilines is 1. The Morgan fingerprint density at radius 3 is 2.38 bits per heavy atom. The molecule has 0 radical (unpaired) electrons. The number of aromatic nitrogens is 3. The van der Waals surface area contributed by atoms with Gasteiger partial charge in [-0.25, -0.2) is 4.98 Å². The van der Waals surface area contributed by atoms with Crippen molar-refractivity contribution in [3.63, 3.8) is 0 Å². The number of fused-ring (bicyclic) bond motifs is 1. The molecule has 0 spiro atoms. The highest BCUT2D eigenvalue weighted by atomic mass is 16.1. The van der Waals surface area contributed by atoms with Crippen LogP contribution in [0, 0.1) is 20.8 Å². The number of nitrogens with one attached hydrogen (secondary N) is 2. The van der Waals surface area contributed by atoms with E-state index in [4.69, 9.17) is 4.98 Å². The van der Waals surface area contributed by atoms with Crippen molar-refractivity contribution in [1.82, 2.24) is 14.5 Å². The average Bonchev–Trinajstić information content (AvgIpc) is 3.17. The summed E-state index contributed by atoms with van der Waals surface area (Å²) in [6.45, 7) is 6.19. The Kier molecular flexibility index (Phi) is 3.84. The minimum Gasteiger partial charge on any atom is -0.340 e. The second-order valence-corrected chi connectivity index (χ2v) is 6.52. The van der Waals surface area contributed by atoms with Gasteiger partial charge in [0, 0.05) is 23.0 Å². The molecule has 26 heavy (non-hydrogen) atoms. The molecule has 1 amide bonds. The Hall–Kier alpha value is -3.34. The molecule has 0 saturated carbocycles. The van der Waals surface area contributed by atoms with Crippen molar-refractivity contribution in [3.8, 4) is 5.82 Å². The van der Waals surface area contributed by atoms with Crippen molar-refractivity contribution >= 4 is 22.8 Å². The summed E-state index contributed by atoms with van der Waals surface area (Å²) in [6, 6.07) is 17.3. The molecule has 0 unspecified atom stereocenters. The Labute approximate surface area is 151 Å². The Balaban J connectivity index is 1.71. The maximum atomic E-state index is 12.3. The van der Waals surface area contributed by atoms with Crippen molar-refractivity contribution in [1.29, 1.82) is 0 Å². The lowest BCUT2D eigenvalue weighted by molar-refractivity contribution is 0.102. The lowest BCUT2D eigenvalue weighted by Gasteiger charge is -2.11. The van der Waals surface area contributed by atoms with Gasteiger partial charge in [-0.05, 0) is 56.7 Å². The Morgan fingerprint density at radius 2 is 1.69 bits per heavy atom. The predicted octanol–water partition coefficient (Wildman–Crippen LogP) is 4.53. The second-order valence-electron chi connectivity index (χ2n) is 6.52. The van der Waals surface area contributed by atoms with Gasteiger partial charge in [0.05, 0.1) is 11.0 Å². The number of nitrogens with zero attached hydrogens (tertiary/aromatic N) is 2. The van der Waals surface area contributed by atoms with Crippen LogP contribution in [0.15, 0.2) is 54.6 Å². The van der Waals surface area contributed by atoms with E-state index in [1.54, 1.807) is 12.1 Å². The first-order valence-electron chi connectivity index (χ1n) is 8.55. The number of H-pyrrole nitrogens is 1. The zero-order valence-electron chi connectivity index (χ0n) is 15.0. The molecule has 2 N–H and O–H groups in total. The summed E-state index contributed by atoms with van der Waals surface area (Å²) in [5.41, 5.74) is 5.70. The van der Waals surface area contributed by atoms with Gasteiger partial charge in [0.15, 0.2) is 0 Å². The highest BCUT2D eigenvalue weighted by molar-refractivity contribution is 6.04. The first kappa shape index (κ1) is 16.1. The lowest BCUT2D eigenvalue weighted by Crippen LogP contribution is -2.11. The number of amides is 1. The predicted molar refractivity (Wildman–Crippen MR) is 104 cm³/mol. The molecule has 5 heteroatoms. The minimum atomic E-state index is -0.147. The summed E-state index contributed by atoms with van der Waals surface area (Å²) < 4.78 is 2.14. The molecule has 3 heterocycles. The fourth-order valence-corrected chi connectivity index (χ4v) is 3.23. The van der Waals surface area contributed by atoms with E-state index in [1.165, 1.54) is 0 Å². The lowest BCUT2D eigenvalue weighted by atomic mass is 10.2. The van der Waals surface area contributed by atoms with Crippen molar-refractivity contribution in [3.05, 3.63) is 77.1 Å². The fraction of sp³-hybridized carbons (Fsp3) is 0.143. The first-order chi connectivity index (χ1) is 12.5. The molecule has 130 valence electrons. The largest absolute Gasteiger partial charge is 0.340 e. The molecule has 0 aliphatic heterocycles. The molecule has 1 aromatic carbocycles. The second kappa shape index (κ2) is 6.19. The first-order valence-corrected chi connectivity index (χ1v) is 8.55. The van der Waals surface area contributed by atoms with Crippen molar-refractivity contribution in [2.45, 2.75) is 20.8 Å². The molecule has 4 rings (SSSR count). The quantitative estimate of drug-likeness (QED) is 0.573. The normalized spacial score (nSPS) is 11.0. The van der Waals surface area contributed by atoms with Crippen LogP contribution < -0.4 is 5.32 Å². The van der Waals surface area contributed by atoms with Gasteiger partial charge in [-0.2, -0.15) is 0 Å². The fourth-order valence-electron chi connectivity index (χ4n) is 3.23. The Morgan fingerprint density at radius 1 is 1.00 bits per heavy atom. The SMILES string of the molecule is Cc1cc2[nH]c(NC(=O)c3ccccc3)cc2nc1-n1c(C)ccc1C. The van der Waals surface area contributed by atoms with E-state index < -0.39 is 0 Å². The molecular formula is C21H20N4O. The summed E-state index contributed by atoms with van der Waals surface area (Å²) in [6.07, 6.45) is 0. The van der Waals surface area contributed by atoms with Gasteiger partial charge >= 0.3 is 0 Å². The zero-order valence-corrected chi connectivity index (χ0v) is 15.0. The van der Waals surface area contributed by atoms with E-state index in [2.05, 4.69) is 46.9 Å². The zero-order chi connectivity index (χ0) is 18.3. The number of benzene rings is 1. The third-order valence-electron chi connectivity index (χ3n) is 4.53. The van der Waals surface area contributed by atoms with E-state index in [-0.39, 0.29) is 5.91 Å². The molecule has 0 aliphatic rings. The van der Waals surface area contributed by atoms with Gasteiger partial charge < -0.3 is 14.9 Å². The van der Waals surface area contributed by atoms with Gasteiger partial charge in [0.1, 0.15) is 11.6 Å². The van der Waals surface area contributed by atoms with Crippen molar-refractivity contribution in [2.24, 2.45) is 0 Å². The van der Waals surface area contributed by atoms with Crippen LogP contribution >= 0.6 is 0 Å². The molecule has 5 nitrogen and oxygen atoms in total. The maximum absolute atomic E-state index is 12.3. The number of carbonyl (C=O) groups is 1. The molecular weight excluding hydrogens is 324 g/mol. The summed E-state index contributed by atoms with van der Waals surface area (Å²) in [5, 5.41) is 2.90. The monoisotopic (exact) mass is 344 g/mol. The maximum Gasteiger partial charge on any atom is 0.256 e. The van der Waals surface area contributed by atoms with E-state index in [0.29, 0.717) is 11.4 Å². The van der Waals surface area contributed by atoms with Crippen LogP contribution in [0.3, 0.4) is 0 Å². The third-order valence-corrected chi connectivity index (χ3v) is 4.53. The number of pyridine rings is 1. The molecule has 0 fully saturated rings. The highest BCUT2D eigenvalue weighted by Crippen LogP contribution is 2.24. The number of aromatic amines is 1. The van der Waals surface area contributed by atoms with Gasteiger partial charge in [-0.3, -0.25) is 4.79 Å². The smallest absolute Gasteiger partial charge is 0.256 e. The van der Waals surface area contributed by atoms with E-state index >= 15 is 0 Å². The molecule has 0 saturated heterocycles. The van der Waals surface area contributed by atoms with Crippen LogP contribution in [0.1, 0.15) is 27.3 Å². The van der Waals surface area contributed by atoms with Gasteiger partial charge in [0.25, 0.3) is 5.91 Å². The summed E-state index contributed by atoms with van der Waals surface area (Å²) in [5.74, 6) is 1.41. The standard InChI is InChI=1S/C21H20N4O/c1-13-11-17-18(23-20(13)25-14(2)9-10-15(25)3)12-19(22-17)24-21(26)16-7-5-4-6-8-16/h4-12,22H,1-3H3,(H,24,26). The molecule has 3 aromatic heterocycles. The van der Waals surface area contributed by atoms with E-state index in [9.17, 15) is 4.79 Å². The van der Waals surface area contributed by atoms with Crippen LogP contribution in [0.4, 0.5) is 5.82 Å². The van der Waals surface area contributed by atoms with Gasteiger partial charge in [-0.15, -0.1) is 0 Å².